The van der Waals surface area contributed by atoms with E-state index in [1.54, 1.807) is 11.9 Å². The molecule has 106 valence electrons. The Morgan fingerprint density at radius 1 is 1.05 bits per heavy atom. The number of hydrogen-bond donors (Lipinski definition) is 1. The lowest BCUT2D eigenvalue weighted by molar-refractivity contribution is 0.312. The lowest BCUT2D eigenvalue weighted by Gasteiger charge is -2.09. The van der Waals surface area contributed by atoms with Crippen LogP contribution in [0.25, 0.3) is 11.1 Å². The summed E-state index contributed by atoms with van der Waals surface area (Å²) in [4.78, 5) is 0. The number of hydrogen-bond acceptors (Lipinski definition) is 3. The molecule has 0 unspecified atom stereocenters. The average molecular weight is 287 g/mol. The van der Waals surface area contributed by atoms with E-state index in [2.05, 4.69) is 48.0 Å². The third-order valence-electron chi connectivity index (χ3n) is 3.02. The zero-order valence-electron chi connectivity index (χ0n) is 12.1. The Kier molecular flexibility index (Phi) is 5.96. The minimum atomic E-state index is 0.741. The van der Waals surface area contributed by atoms with E-state index in [9.17, 15) is 0 Å². The summed E-state index contributed by atoms with van der Waals surface area (Å²) in [7, 11) is 0. The van der Waals surface area contributed by atoms with Crippen LogP contribution >= 0.6 is 11.9 Å². The zero-order chi connectivity index (χ0) is 14.2. The first kappa shape index (κ1) is 14.9. The summed E-state index contributed by atoms with van der Waals surface area (Å²) in [6.07, 6.45) is 3.04. The van der Waals surface area contributed by atoms with Crippen LogP contribution in [0.15, 0.2) is 48.5 Å². The first-order chi connectivity index (χ1) is 9.79. The highest BCUT2D eigenvalue weighted by Gasteiger charge is 2.00. The molecule has 0 saturated heterocycles. The molecule has 2 rings (SSSR count). The second-order valence-electron chi connectivity index (χ2n) is 4.70. The van der Waals surface area contributed by atoms with Gasteiger partial charge in [-0.05, 0) is 42.9 Å². The van der Waals surface area contributed by atoms with Crippen LogP contribution in [0.4, 0.5) is 0 Å². The Morgan fingerprint density at radius 2 is 1.80 bits per heavy atom. The Labute approximate surface area is 125 Å². The molecule has 2 nitrogen and oxygen atoms in total. The van der Waals surface area contributed by atoms with Gasteiger partial charge in [0.25, 0.3) is 0 Å². The molecule has 0 aliphatic carbocycles. The van der Waals surface area contributed by atoms with Crippen molar-refractivity contribution in [1.29, 1.82) is 0 Å². The Bertz CT molecular complexity index is 542. The van der Waals surface area contributed by atoms with Crippen LogP contribution in [0, 0.1) is 6.92 Å². The van der Waals surface area contributed by atoms with Gasteiger partial charge in [0.1, 0.15) is 5.75 Å². The number of benzene rings is 2. The minimum absolute atomic E-state index is 0.741. The average Bonchev–Trinajstić information content (AvgIpc) is 2.47. The van der Waals surface area contributed by atoms with Crippen molar-refractivity contribution < 1.29 is 4.74 Å². The topological polar surface area (TPSA) is 21.3 Å². The minimum Gasteiger partial charge on any atom is -0.494 e. The van der Waals surface area contributed by atoms with E-state index in [0.29, 0.717) is 0 Å². The third kappa shape index (κ3) is 4.58. The van der Waals surface area contributed by atoms with Crippen molar-refractivity contribution >= 4 is 11.9 Å². The largest absolute Gasteiger partial charge is 0.494 e. The molecule has 0 bridgehead atoms. The predicted molar refractivity (Wildman–Crippen MR) is 88.2 cm³/mol. The van der Waals surface area contributed by atoms with Gasteiger partial charge < -0.3 is 4.74 Å². The van der Waals surface area contributed by atoms with Crippen LogP contribution in [0.2, 0.25) is 0 Å². The van der Waals surface area contributed by atoms with Crippen LogP contribution in [0.5, 0.6) is 5.75 Å². The van der Waals surface area contributed by atoms with Gasteiger partial charge in [-0.25, -0.2) is 0 Å². The molecule has 2 aromatic rings. The lowest BCUT2D eigenvalue weighted by Crippen LogP contribution is -2.09. The van der Waals surface area contributed by atoms with Gasteiger partial charge in [-0.15, -0.1) is 0 Å². The fourth-order valence-corrected chi connectivity index (χ4v) is 2.37. The normalized spacial score (nSPS) is 10.5. The van der Waals surface area contributed by atoms with E-state index in [-0.39, 0.29) is 0 Å². The van der Waals surface area contributed by atoms with Crippen molar-refractivity contribution in [2.45, 2.75) is 13.3 Å². The smallest absolute Gasteiger partial charge is 0.119 e. The Hall–Kier alpha value is -1.45. The van der Waals surface area contributed by atoms with Crippen LogP contribution in [0.3, 0.4) is 0 Å². The number of aryl methyl sites for hydroxylation is 1. The molecule has 1 N–H and O–H groups in total. The molecule has 0 amide bonds. The summed E-state index contributed by atoms with van der Waals surface area (Å²) in [5.41, 5.74) is 3.71. The van der Waals surface area contributed by atoms with Gasteiger partial charge in [0.2, 0.25) is 0 Å². The fourth-order valence-electron chi connectivity index (χ4n) is 2.03. The van der Waals surface area contributed by atoms with Crippen molar-refractivity contribution in [3.05, 3.63) is 54.1 Å². The van der Waals surface area contributed by atoms with E-state index < -0.39 is 0 Å². The molecule has 0 spiro atoms. The Morgan fingerprint density at radius 3 is 2.55 bits per heavy atom. The highest BCUT2D eigenvalue weighted by molar-refractivity contribution is 7.96. The number of nitrogens with one attached hydrogen (secondary N) is 1. The fraction of sp³-hybridized carbons (Fsp3) is 0.294. The first-order valence-electron chi connectivity index (χ1n) is 6.85. The highest BCUT2D eigenvalue weighted by atomic mass is 32.2. The van der Waals surface area contributed by atoms with E-state index >= 15 is 0 Å². The van der Waals surface area contributed by atoms with E-state index in [1.807, 2.05) is 18.4 Å². The van der Waals surface area contributed by atoms with Crippen molar-refractivity contribution in [1.82, 2.24) is 4.72 Å². The van der Waals surface area contributed by atoms with Gasteiger partial charge in [-0.2, -0.15) is 0 Å². The van der Waals surface area contributed by atoms with Crippen LogP contribution in [-0.2, 0) is 0 Å². The SMILES string of the molecule is CSNCCCOc1cccc(-c2cccc(C)c2)c1. The maximum Gasteiger partial charge on any atom is 0.119 e. The summed E-state index contributed by atoms with van der Waals surface area (Å²) in [6, 6.07) is 16.8. The summed E-state index contributed by atoms with van der Waals surface area (Å²) in [5, 5.41) is 0. The van der Waals surface area contributed by atoms with Gasteiger partial charge >= 0.3 is 0 Å². The molecule has 0 aliphatic heterocycles. The van der Waals surface area contributed by atoms with Gasteiger partial charge in [0.05, 0.1) is 6.61 Å². The van der Waals surface area contributed by atoms with E-state index in [4.69, 9.17) is 4.74 Å². The first-order valence-corrected chi connectivity index (χ1v) is 8.08. The van der Waals surface area contributed by atoms with Gasteiger partial charge in [0, 0.05) is 6.54 Å². The van der Waals surface area contributed by atoms with Crippen LogP contribution in [-0.4, -0.2) is 19.4 Å². The summed E-state index contributed by atoms with van der Waals surface area (Å²) < 4.78 is 9.01. The molecule has 3 heteroatoms. The van der Waals surface area contributed by atoms with E-state index in [1.165, 1.54) is 16.7 Å². The maximum atomic E-state index is 5.80. The van der Waals surface area contributed by atoms with Crippen LogP contribution in [0.1, 0.15) is 12.0 Å². The zero-order valence-corrected chi connectivity index (χ0v) is 12.9. The van der Waals surface area contributed by atoms with E-state index in [0.717, 1.165) is 25.3 Å². The predicted octanol–water partition coefficient (Wildman–Crippen LogP) is 4.30. The molecule has 0 saturated carbocycles. The standard InChI is InChI=1S/C17H21NOS/c1-14-6-3-7-15(12-14)16-8-4-9-17(13-16)19-11-5-10-18-20-2/h3-4,6-9,12-13,18H,5,10-11H2,1-2H3. The van der Waals surface area contributed by atoms with Gasteiger partial charge in [-0.3, -0.25) is 4.72 Å². The van der Waals surface area contributed by atoms with Crippen molar-refractivity contribution in [3.63, 3.8) is 0 Å². The monoisotopic (exact) mass is 287 g/mol. The Balaban J connectivity index is 1.97. The van der Waals surface area contributed by atoms with Crippen molar-refractivity contribution in [2.75, 3.05) is 19.4 Å². The third-order valence-corrected chi connectivity index (χ3v) is 3.51. The molecule has 0 fully saturated rings. The quantitative estimate of drug-likeness (QED) is 0.606. The van der Waals surface area contributed by atoms with Gasteiger partial charge in [-0.1, -0.05) is 53.9 Å². The number of ether oxygens (including phenoxy) is 1. The molecule has 0 aliphatic rings. The van der Waals surface area contributed by atoms with Crippen molar-refractivity contribution in [2.24, 2.45) is 0 Å². The molecule has 0 atom stereocenters. The summed E-state index contributed by atoms with van der Waals surface area (Å²) >= 11 is 1.64. The van der Waals surface area contributed by atoms with Gasteiger partial charge in [0.15, 0.2) is 0 Å². The second-order valence-corrected chi connectivity index (χ2v) is 5.39. The molecule has 0 aromatic heterocycles. The van der Waals surface area contributed by atoms with Crippen molar-refractivity contribution in [3.8, 4) is 16.9 Å². The molecular weight excluding hydrogens is 266 g/mol. The number of rotatable bonds is 7. The van der Waals surface area contributed by atoms with Crippen LogP contribution < -0.4 is 9.46 Å². The molecular formula is C17H21NOS. The lowest BCUT2D eigenvalue weighted by atomic mass is 10.0. The molecule has 0 radical (unpaired) electrons. The highest BCUT2D eigenvalue weighted by Crippen LogP contribution is 2.24. The summed E-state index contributed by atoms with van der Waals surface area (Å²) in [6.45, 7) is 3.83. The molecule has 2 aromatic carbocycles. The maximum absolute atomic E-state index is 5.80. The summed E-state index contributed by atoms with van der Waals surface area (Å²) in [5.74, 6) is 0.938. The molecule has 0 heterocycles. The second kappa shape index (κ2) is 7.98. The molecule has 20 heavy (non-hydrogen) atoms.